The molecule has 66 valence electrons. The number of ether oxygens (including phenoxy) is 1. The van der Waals surface area contributed by atoms with Crippen molar-refractivity contribution in [3.63, 3.8) is 0 Å². The highest BCUT2D eigenvalue weighted by molar-refractivity contribution is 5.50. The molecule has 1 aromatic rings. The number of aromatic nitrogens is 1. The van der Waals surface area contributed by atoms with E-state index < -0.39 is 6.61 Å². The number of pyridine rings is 1. The Morgan fingerprint density at radius 1 is 1.58 bits per heavy atom. The van der Waals surface area contributed by atoms with Crippen molar-refractivity contribution in [1.29, 1.82) is 0 Å². The molecule has 0 atom stereocenters. The minimum absolute atomic E-state index is 0.0301. The van der Waals surface area contributed by atoms with Crippen LogP contribution in [0.25, 0.3) is 0 Å². The summed E-state index contributed by atoms with van der Waals surface area (Å²) >= 11 is 0. The average Bonchev–Trinajstić information content (AvgIpc) is 1.96. The Bertz CT molecular complexity index is 278. The Hall–Kier alpha value is -1.39. The number of hydrogen-bond donors (Lipinski definition) is 1. The lowest BCUT2D eigenvalue weighted by Gasteiger charge is -2.06. The lowest BCUT2D eigenvalue weighted by atomic mass is 10.3. The first kappa shape index (κ1) is 8.70. The number of hydrogen-bond acceptors (Lipinski definition) is 3. The zero-order chi connectivity index (χ0) is 9.14. The van der Waals surface area contributed by atoms with Gasteiger partial charge >= 0.3 is 6.61 Å². The monoisotopic (exact) mass is 174 g/mol. The lowest BCUT2D eigenvalue weighted by Crippen LogP contribution is -2.05. The first-order chi connectivity index (χ1) is 5.59. The summed E-state index contributed by atoms with van der Waals surface area (Å²) in [6.45, 7) is -1.19. The average molecular weight is 174 g/mol. The van der Waals surface area contributed by atoms with Crippen LogP contribution in [0.15, 0.2) is 12.3 Å². The fourth-order valence-corrected chi connectivity index (χ4v) is 0.743. The minimum Gasteiger partial charge on any atom is -0.432 e. The van der Waals surface area contributed by atoms with Gasteiger partial charge in [-0.1, -0.05) is 0 Å². The summed E-state index contributed by atoms with van der Waals surface area (Å²) in [4.78, 5) is 3.80. The molecule has 0 bridgehead atoms. The quantitative estimate of drug-likeness (QED) is 0.740. The van der Waals surface area contributed by atoms with Crippen molar-refractivity contribution in [2.45, 2.75) is 13.5 Å². The Balaban J connectivity index is 2.90. The van der Waals surface area contributed by atoms with E-state index in [0.29, 0.717) is 5.69 Å². The first-order valence-electron chi connectivity index (χ1n) is 3.26. The molecule has 1 rings (SSSR count). The fourth-order valence-electron chi connectivity index (χ4n) is 0.743. The summed E-state index contributed by atoms with van der Waals surface area (Å²) < 4.78 is 27.6. The van der Waals surface area contributed by atoms with E-state index >= 15 is 0 Å². The molecule has 0 fully saturated rings. The molecule has 0 saturated carbocycles. The molecule has 12 heavy (non-hydrogen) atoms. The third kappa shape index (κ3) is 2.05. The van der Waals surface area contributed by atoms with E-state index in [1.807, 2.05) is 0 Å². The molecule has 1 aromatic heterocycles. The summed E-state index contributed by atoms with van der Waals surface area (Å²) in [6.07, 6.45) is 1.28. The van der Waals surface area contributed by atoms with Gasteiger partial charge in [0.1, 0.15) is 0 Å². The predicted octanol–water partition coefficient (Wildman–Crippen LogP) is 1.57. The van der Waals surface area contributed by atoms with E-state index in [1.165, 1.54) is 12.3 Å². The third-order valence-electron chi connectivity index (χ3n) is 1.25. The van der Waals surface area contributed by atoms with E-state index in [9.17, 15) is 8.78 Å². The van der Waals surface area contributed by atoms with Crippen molar-refractivity contribution in [3.05, 3.63) is 18.0 Å². The van der Waals surface area contributed by atoms with Gasteiger partial charge in [0.05, 0.1) is 11.9 Å². The van der Waals surface area contributed by atoms with Crippen molar-refractivity contribution in [2.24, 2.45) is 0 Å². The van der Waals surface area contributed by atoms with Gasteiger partial charge in [-0.25, -0.2) is 0 Å². The maximum atomic E-state index is 11.7. The highest BCUT2D eigenvalue weighted by atomic mass is 19.3. The Morgan fingerprint density at radius 3 is 2.83 bits per heavy atom. The van der Waals surface area contributed by atoms with E-state index in [2.05, 4.69) is 9.72 Å². The van der Waals surface area contributed by atoms with Crippen molar-refractivity contribution < 1.29 is 13.5 Å². The summed E-state index contributed by atoms with van der Waals surface area (Å²) in [5, 5.41) is 0. The molecule has 0 spiro atoms. The molecule has 0 aromatic carbocycles. The first-order valence-corrected chi connectivity index (χ1v) is 3.26. The number of rotatable bonds is 2. The largest absolute Gasteiger partial charge is 0.432 e. The number of aryl methyl sites for hydroxylation is 1. The number of halogens is 2. The molecule has 0 radical (unpaired) electrons. The van der Waals surface area contributed by atoms with Crippen LogP contribution in [0.4, 0.5) is 14.5 Å². The van der Waals surface area contributed by atoms with Crippen LogP contribution in [0.3, 0.4) is 0 Å². The smallest absolute Gasteiger partial charge is 0.387 e. The number of nitrogen functional groups attached to an aromatic ring is 1. The van der Waals surface area contributed by atoms with Crippen LogP contribution in [-0.2, 0) is 0 Å². The summed E-state index contributed by atoms with van der Waals surface area (Å²) in [7, 11) is 0. The highest BCUT2D eigenvalue weighted by Crippen LogP contribution is 2.22. The van der Waals surface area contributed by atoms with Crippen molar-refractivity contribution in [1.82, 2.24) is 4.98 Å². The van der Waals surface area contributed by atoms with E-state index in [0.717, 1.165) is 0 Å². The van der Waals surface area contributed by atoms with E-state index in [1.54, 1.807) is 6.92 Å². The van der Waals surface area contributed by atoms with Crippen molar-refractivity contribution in [3.8, 4) is 5.75 Å². The summed E-state index contributed by atoms with van der Waals surface area (Å²) in [6, 6.07) is 1.36. The molecule has 0 aliphatic carbocycles. The predicted molar refractivity (Wildman–Crippen MR) is 40.0 cm³/mol. The molecule has 5 heteroatoms. The van der Waals surface area contributed by atoms with Crippen LogP contribution in [0.1, 0.15) is 5.69 Å². The van der Waals surface area contributed by atoms with Crippen LogP contribution in [-0.4, -0.2) is 11.6 Å². The minimum atomic E-state index is -2.85. The maximum absolute atomic E-state index is 11.7. The van der Waals surface area contributed by atoms with Crippen LogP contribution in [0.5, 0.6) is 5.75 Å². The lowest BCUT2D eigenvalue weighted by molar-refractivity contribution is -0.0494. The fraction of sp³-hybridized carbons (Fsp3) is 0.286. The van der Waals surface area contributed by atoms with E-state index in [-0.39, 0.29) is 11.4 Å². The van der Waals surface area contributed by atoms with Crippen LogP contribution in [0, 0.1) is 6.92 Å². The molecule has 0 aliphatic rings. The van der Waals surface area contributed by atoms with Gasteiger partial charge in [-0.15, -0.1) is 0 Å². The summed E-state index contributed by atoms with van der Waals surface area (Å²) in [5.41, 5.74) is 6.01. The number of nitrogens with zero attached hydrogens (tertiary/aromatic N) is 1. The zero-order valence-electron chi connectivity index (χ0n) is 6.42. The SMILES string of the molecule is Cc1cc(OC(F)F)c(N)cn1. The number of alkyl halides is 2. The second-order valence-corrected chi connectivity index (χ2v) is 2.24. The van der Waals surface area contributed by atoms with Gasteiger partial charge in [0.15, 0.2) is 5.75 Å². The molecule has 0 unspecified atom stereocenters. The number of nitrogens with two attached hydrogens (primary N) is 1. The second kappa shape index (κ2) is 3.34. The van der Waals surface area contributed by atoms with Gasteiger partial charge in [0, 0.05) is 11.8 Å². The normalized spacial score (nSPS) is 10.3. The van der Waals surface area contributed by atoms with Crippen molar-refractivity contribution in [2.75, 3.05) is 5.73 Å². The molecule has 3 nitrogen and oxygen atoms in total. The van der Waals surface area contributed by atoms with Gasteiger partial charge in [-0.2, -0.15) is 8.78 Å². The Kier molecular flexibility index (Phi) is 2.42. The molecule has 1 heterocycles. The molecule has 2 N–H and O–H groups in total. The Morgan fingerprint density at radius 2 is 2.25 bits per heavy atom. The maximum Gasteiger partial charge on any atom is 0.387 e. The molecular formula is C7H8F2N2O. The van der Waals surface area contributed by atoms with E-state index in [4.69, 9.17) is 5.73 Å². The molecular weight excluding hydrogens is 166 g/mol. The van der Waals surface area contributed by atoms with Crippen LogP contribution < -0.4 is 10.5 Å². The second-order valence-electron chi connectivity index (χ2n) is 2.24. The molecule has 0 saturated heterocycles. The van der Waals surface area contributed by atoms with Gasteiger partial charge in [0.2, 0.25) is 0 Å². The van der Waals surface area contributed by atoms with Gasteiger partial charge in [-0.3, -0.25) is 4.98 Å². The highest BCUT2D eigenvalue weighted by Gasteiger charge is 2.07. The third-order valence-corrected chi connectivity index (χ3v) is 1.25. The van der Waals surface area contributed by atoms with Gasteiger partial charge < -0.3 is 10.5 Å². The van der Waals surface area contributed by atoms with Gasteiger partial charge in [-0.05, 0) is 6.92 Å². The topological polar surface area (TPSA) is 48.1 Å². The molecule has 0 aliphatic heterocycles. The van der Waals surface area contributed by atoms with Crippen LogP contribution >= 0.6 is 0 Å². The molecule has 0 amide bonds. The van der Waals surface area contributed by atoms with Crippen molar-refractivity contribution >= 4 is 5.69 Å². The number of anilines is 1. The van der Waals surface area contributed by atoms with Gasteiger partial charge in [0.25, 0.3) is 0 Å². The van der Waals surface area contributed by atoms with Crippen LogP contribution in [0.2, 0.25) is 0 Å². The summed E-state index contributed by atoms with van der Waals surface area (Å²) in [5.74, 6) is -0.0301. The standard InChI is InChI=1S/C7H8F2N2O/c1-4-2-6(12-7(8)9)5(10)3-11-4/h2-3,7H,10H2,1H3. The zero-order valence-corrected chi connectivity index (χ0v) is 6.42. The Labute approximate surface area is 68.2 Å².